The van der Waals surface area contributed by atoms with Gasteiger partial charge in [-0.3, -0.25) is 14.2 Å². The molecule has 3 heterocycles. The molecule has 4 rings (SSSR count). The van der Waals surface area contributed by atoms with E-state index in [-0.39, 0.29) is 23.9 Å². The largest absolute Gasteiger partial charge is 0.388 e. The number of carbonyl (C=O) groups excluding carboxylic acids is 1. The van der Waals surface area contributed by atoms with Crippen molar-refractivity contribution < 1.29 is 9.90 Å². The van der Waals surface area contributed by atoms with Gasteiger partial charge in [0.25, 0.3) is 5.56 Å². The van der Waals surface area contributed by atoms with Gasteiger partial charge in [-0.2, -0.15) is 0 Å². The van der Waals surface area contributed by atoms with E-state index >= 15 is 0 Å². The lowest BCUT2D eigenvalue weighted by molar-refractivity contribution is -0.136. The van der Waals surface area contributed by atoms with Crippen molar-refractivity contribution in [2.24, 2.45) is 0 Å². The summed E-state index contributed by atoms with van der Waals surface area (Å²) in [6.45, 7) is 5.12. The minimum absolute atomic E-state index is 0.112. The van der Waals surface area contributed by atoms with E-state index in [9.17, 15) is 14.7 Å². The van der Waals surface area contributed by atoms with Crippen LogP contribution in [0.3, 0.4) is 0 Å². The van der Waals surface area contributed by atoms with Crippen LogP contribution in [0.2, 0.25) is 0 Å². The first kappa shape index (κ1) is 24.4. The summed E-state index contributed by atoms with van der Waals surface area (Å²) in [5.74, 6) is 0.836. The van der Waals surface area contributed by atoms with Crippen LogP contribution in [0.15, 0.2) is 47.5 Å². The number of amides is 1. The third-order valence-electron chi connectivity index (χ3n) is 7.43. The lowest BCUT2D eigenvalue weighted by Crippen LogP contribution is -2.49. The second-order valence-corrected chi connectivity index (χ2v) is 10.0. The van der Waals surface area contributed by atoms with Gasteiger partial charge in [-0.25, -0.2) is 4.98 Å². The van der Waals surface area contributed by atoms with Crippen molar-refractivity contribution in [2.45, 2.75) is 63.1 Å². The number of likely N-dealkylation sites (N-methyl/N-ethyl adjacent to an activating group) is 1. The third-order valence-corrected chi connectivity index (χ3v) is 7.43. The van der Waals surface area contributed by atoms with Gasteiger partial charge in [-0.15, -0.1) is 0 Å². The van der Waals surface area contributed by atoms with Crippen molar-refractivity contribution >= 4 is 11.7 Å². The molecule has 2 saturated heterocycles. The molecule has 8 heteroatoms. The van der Waals surface area contributed by atoms with E-state index < -0.39 is 5.60 Å². The van der Waals surface area contributed by atoms with Gasteiger partial charge in [-0.05, 0) is 50.8 Å². The number of hydrogen-bond acceptors (Lipinski definition) is 6. The summed E-state index contributed by atoms with van der Waals surface area (Å²) in [6.07, 6.45) is 5.21. The highest BCUT2D eigenvalue weighted by Crippen LogP contribution is 2.26. The predicted molar refractivity (Wildman–Crippen MR) is 133 cm³/mol. The average molecular weight is 468 g/mol. The molecule has 2 atom stereocenters. The van der Waals surface area contributed by atoms with Crippen molar-refractivity contribution in [3.63, 3.8) is 0 Å². The highest BCUT2D eigenvalue weighted by Gasteiger charge is 2.35. The molecule has 2 aromatic rings. The summed E-state index contributed by atoms with van der Waals surface area (Å²) >= 11 is 0. The van der Waals surface area contributed by atoms with Crippen molar-refractivity contribution in [1.82, 2.24) is 19.4 Å². The number of piperidine rings is 1. The molecular formula is C26H37N5O3. The molecule has 0 bridgehead atoms. The monoisotopic (exact) mass is 467 g/mol. The normalized spacial score (nSPS) is 21.4. The minimum atomic E-state index is -1.02. The summed E-state index contributed by atoms with van der Waals surface area (Å²) in [6, 6.07) is 12.0. The number of rotatable bonds is 8. The molecule has 1 amide bonds. The van der Waals surface area contributed by atoms with Crippen LogP contribution in [-0.2, 0) is 11.3 Å². The Morgan fingerprint density at radius 3 is 2.62 bits per heavy atom. The predicted octanol–water partition coefficient (Wildman–Crippen LogP) is 2.30. The topological polar surface area (TPSA) is 90.7 Å². The fourth-order valence-corrected chi connectivity index (χ4v) is 5.04. The molecular weight excluding hydrogens is 430 g/mol. The highest BCUT2D eigenvalue weighted by molar-refractivity contribution is 5.77. The van der Waals surface area contributed by atoms with E-state index in [1.807, 2.05) is 35.2 Å². The number of nitrogens with zero attached hydrogens (tertiary/aromatic N) is 4. The zero-order chi connectivity index (χ0) is 24.1. The maximum atomic E-state index is 12.8. The standard InChI is InChI=1S/C26H37N5O3/c1-20(21-7-4-3-5-8-21)15-24(32)30-13-10-26(34,11-14-30)18-31-19-28-23(16-25(31)33)27-17-22-9-6-12-29(22)2/h3-5,7-8,16,19-20,22,27,34H,6,9-15,17-18H2,1-2H3/t20?,22-/m1/s1. The van der Waals surface area contributed by atoms with Crippen molar-refractivity contribution in [2.75, 3.05) is 38.5 Å². The molecule has 2 fully saturated rings. The zero-order valence-electron chi connectivity index (χ0n) is 20.3. The summed E-state index contributed by atoms with van der Waals surface area (Å²) in [7, 11) is 2.12. The Hall–Kier alpha value is -2.71. The van der Waals surface area contributed by atoms with Crippen molar-refractivity contribution in [3.8, 4) is 0 Å². The summed E-state index contributed by atoms with van der Waals surface area (Å²) < 4.78 is 1.47. The molecule has 8 nitrogen and oxygen atoms in total. The van der Waals surface area contributed by atoms with Gasteiger partial charge in [0.15, 0.2) is 0 Å². The Kier molecular flexibility index (Phi) is 7.68. The first-order valence-corrected chi connectivity index (χ1v) is 12.4. The van der Waals surface area contributed by atoms with E-state index in [0.29, 0.717) is 44.2 Å². The Bertz CT molecular complexity index is 1020. The number of carbonyl (C=O) groups is 1. The molecule has 1 unspecified atom stereocenters. The number of benzene rings is 1. The molecule has 2 aliphatic rings. The second-order valence-electron chi connectivity index (χ2n) is 10.0. The van der Waals surface area contributed by atoms with Gasteiger partial charge >= 0.3 is 0 Å². The number of hydrogen-bond donors (Lipinski definition) is 2. The van der Waals surface area contributed by atoms with Gasteiger partial charge in [0, 0.05) is 38.2 Å². The molecule has 0 saturated carbocycles. The highest BCUT2D eigenvalue weighted by atomic mass is 16.3. The lowest BCUT2D eigenvalue weighted by Gasteiger charge is -2.38. The van der Waals surface area contributed by atoms with Crippen LogP contribution in [-0.4, -0.2) is 75.2 Å². The number of anilines is 1. The van der Waals surface area contributed by atoms with E-state index in [1.54, 1.807) is 0 Å². The average Bonchev–Trinajstić information content (AvgIpc) is 3.25. The van der Waals surface area contributed by atoms with Gasteiger partial charge in [0.2, 0.25) is 5.91 Å². The van der Waals surface area contributed by atoms with Crippen LogP contribution in [0.25, 0.3) is 0 Å². The second kappa shape index (κ2) is 10.7. The van der Waals surface area contributed by atoms with Crippen LogP contribution < -0.4 is 10.9 Å². The smallest absolute Gasteiger partial charge is 0.255 e. The first-order chi connectivity index (χ1) is 16.3. The number of nitrogens with one attached hydrogen (secondary N) is 1. The maximum Gasteiger partial charge on any atom is 0.255 e. The van der Waals surface area contributed by atoms with E-state index in [1.165, 1.54) is 23.4 Å². The van der Waals surface area contributed by atoms with Crippen LogP contribution >= 0.6 is 0 Å². The Morgan fingerprint density at radius 1 is 1.24 bits per heavy atom. The fraction of sp³-hybridized carbons (Fsp3) is 0.577. The minimum Gasteiger partial charge on any atom is -0.388 e. The lowest BCUT2D eigenvalue weighted by atomic mass is 9.90. The van der Waals surface area contributed by atoms with E-state index in [4.69, 9.17) is 0 Å². The maximum absolute atomic E-state index is 12.8. The molecule has 2 N–H and O–H groups in total. The molecule has 184 valence electrons. The van der Waals surface area contributed by atoms with Gasteiger partial charge in [-0.1, -0.05) is 37.3 Å². The van der Waals surface area contributed by atoms with Crippen LogP contribution in [0.4, 0.5) is 5.82 Å². The molecule has 0 aliphatic carbocycles. The molecule has 0 radical (unpaired) electrons. The Balaban J connectivity index is 1.27. The van der Waals surface area contributed by atoms with Crippen LogP contribution in [0.5, 0.6) is 0 Å². The zero-order valence-corrected chi connectivity index (χ0v) is 20.3. The van der Waals surface area contributed by atoms with Crippen molar-refractivity contribution in [1.29, 1.82) is 0 Å². The van der Waals surface area contributed by atoms with Crippen molar-refractivity contribution in [3.05, 3.63) is 58.6 Å². The van der Waals surface area contributed by atoms with E-state index in [2.05, 4.69) is 29.2 Å². The number of aliphatic hydroxyl groups is 1. The molecule has 0 spiro atoms. The molecule has 34 heavy (non-hydrogen) atoms. The van der Waals surface area contributed by atoms with Gasteiger partial charge < -0.3 is 20.2 Å². The van der Waals surface area contributed by atoms with Gasteiger partial charge in [0.05, 0.1) is 18.5 Å². The molecule has 1 aromatic heterocycles. The Labute approximate surface area is 201 Å². The summed E-state index contributed by atoms with van der Waals surface area (Å²) in [5, 5.41) is 14.4. The van der Waals surface area contributed by atoms with E-state index in [0.717, 1.165) is 25.1 Å². The van der Waals surface area contributed by atoms with Crippen LogP contribution in [0.1, 0.15) is 50.5 Å². The van der Waals surface area contributed by atoms with Gasteiger partial charge in [0.1, 0.15) is 5.82 Å². The SMILES string of the molecule is CC(CC(=O)N1CCC(O)(Cn2cnc(NC[C@H]3CCCN3C)cc2=O)CC1)c1ccccc1. The number of likely N-dealkylation sites (tertiary alicyclic amines) is 2. The first-order valence-electron chi connectivity index (χ1n) is 12.4. The Morgan fingerprint density at radius 2 is 1.97 bits per heavy atom. The number of aromatic nitrogens is 2. The summed E-state index contributed by atoms with van der Waals surface area (Å²) in [4.78, 5) is 34.0. The third kappa shape index (κ3) is 6.04. The molecule has 1 aromatic carbocycles. The quantitative estimate of drug-likeness (QED) is 0.619. The summed E-state index contributed by atoms with van der Waals surface area (Å²) in [5.41, 5.74) is -0.0419. The van der Waals surface area contributed by atoms with Crippen LogP contribution in [0, 0.1) is 0 Å². The fourth-order valence-electron chi connectivity index (χ4n) is 5.04. The molecule has 2 aliphatic heterocycles.